The van der Waals surface area contributed by atoms with E-state index in [1.807, 2.05) is 0 Å². The molecular weight excluding hydrogens is 406 g/mol. The van der Waals surface area contributed by atoms with E-state index >= 15 is 0 Å². The summed E-state index contributed by atoms with van der Waals surface area (Å²) in [5.74, 6) is -2.66. The van der Waals surface area contributed by atoms with Gasteiger partial charge in [-0.3, -0.25) is 4.79 Å². The summed E-state index contributed by atoms with van der Waals surface area (Å²) in [4.78, 5) is 34.5. The molecule has 32 heavy (non-hydrogen) atoms. The summed E-state index contributed by atoms with van der Waals surface area (Å²) >= 11 is 0. The van der Waals surface area contributed by atoms with E-state index in [1.165, 1.54) is 95.2 Å². The molecule has 0 aliphatic carbocycles. The molecule has 0 radical (unpaired) electrons. The van der Waals surface area contributed by atoms with Crippen molar-refractivity contribution in [1.82, 2.24) is 0 Å². The van der Waals surface area contributed by atoms with Crippen molar-refractivity contribution >= 4 is 23.5 Å². The number of benzene rings is 1. The zero-order chi connectivity index (χ0) is 23.6. The quantitative estimate of drug-likeness (QED) is 0.193. The number of hydrogen-bond donors (Lipinski definition) is 3. The molecule has 0 unspecified atom stereocenters. The monoisotopic (exact) mass is 447 g/mol. The second-order valence-electron chi connectivity index (χ2n) is 8.62. The largest absolute Gasteiger partial charge is 0.478 e. The van der Waals surface area contributed by atoms with Crippen LogP contribution < -0.4 is 5.32 Å². The molecule has 0 bridgehead atoms. The third kappa shape index (κ3) is 12.5. The molecule has 3 N–H and O–H groups in total. The molecule has 0 spiro atoms. The molecule has 0 saturated heterocycles. The highest BCUT2D eigenvalue weighted by atomic mass is 16.4. The molecule has 0 heterocycles. The van der Waals surface area contributed by atoms with Gasteiger partial charge in [-0.05, 0) is 24.6 Å². The summed E-state index contributed by atoms with van der Waals surface area (Å²) in [6.07, 6.45) is 19.1. The molecular formula is C26H41NO5. The van der Waals surface area contributed by atoms with Crippen molar-refractivity contribution in [3.8, 4) is 0 Å². The van der Waals surface area contributed by atoms with Gasteiger partial charge in [-0.25, -0.2) is 9.59 Å². The lowest BCUT2D eigenvalue weighted by molar-refractivity contribution is -0.116. The fraction of sp³-hybridized carbons (Fsp3) is 0.654. The predicted octanol–water partition coefficient (Wildman–Crippen LogP) is 7.28. The van der Waals surface area contributed by atoms with Crippen molar-refractivity contribution in [2.24, 2.45) is 0 Å². The second kappa shape index (κ2) is 17.2. The van der Waals surface area contributed by atoms with E-state index in [2.05, 4.69) is 12.2 Å². The van der Waals surface area contributed by atoms with Crippen molar-refractivity contribution in [2.75, 3.05) is 5.32 Å². The molecule has 180 valence electrons. The first kappa shape index (κ1) is 27.7. The van der Waals surface area contributed by atoms with Gasteiger partial charge in [0.1, 0.15) is 0 Å². The smallest absolute Gasteiger partial charge is 0.337 e. The van der Waals surface area contributed by atoms with Crippen LogP contribution in [-0.4, -0.2) is 28.1 Å². The van der Waals surface area contributed by atoms with Crippen LogP contribution in [-0.2, 0) is 4.79 Å². The highest BCUT2D eigenvalue weighted by molar-refractivity contribution is 6.02. The van der Waals surface area contributed by atoms with Gasteiger partial charge < -0.3 is 15.5 Å². The van der Waals surface area contributed by atoms with E-state index in [0.29, 0.717) is 6.42 Å². The van der Waals surface area contributed by atoms with E-state index < -0.39 is 11.9 Å². The first-order valence-electron chi connectivity index (χ1n) is 12.4. The van der Waals surface area contributed by atoms with Crippen molar-refractivity contribution in [3.05, 3.63) is 29.3 Å². The third-order valence-electron chi connectivity index (χ3n) is 5.78. The Kier molecular flexibility index (Phi) is 14.9. The second-order valence-corrected chi connectivity index (χ2v) is 8.62. The van der Waals surface area contributed by atoms with E-state index in [9.17, 15) is 19.5 Å². The highest BCUT2D eigenvalue weighted by Gasteiger charge is 2.15. The number of hydrogen-bond acceptors (Lipinski definition) is 3. The Morgan fingerprint density at radius 2 is 1.16 bits per heavy atom. The summed E-state index contributed by atoms with van der Waals surface area (Å²) in [5, 5.41) is 20.8. The van der Waals surface area contributed by atoms with Gasteiger partial charge in [0.05, 0.1) is 16.8 Å². The maximum absolute atomic E-state index is 12.2. The van der Waals surface area contributed by atoms with Crippen LogP contribution in [0.2, 0.25) is 0 Å². The molecule has 6 heteroatoms. The van der Waals surface area contributed by atoms with Gasteiger partial charge in [-0.15, -0.1) is 0 Å². The fourth-order valence-electron chi connectivity index (χ4n) is 3.84. The number of rotatable bonds is 19. The van der Waals surface area contributed by atoms with Gasteiger partial charge in [-0.1, -0.05) is 96.8 Å². The van der Waals surface area contributed by atoms with Gasteiger partial charge in [-0.2, -0.15) is 0 Å². The summed E-state index contributed by atoms with van der Waals surface area (Å²) in [7, 11) is 0. The maximum Gasteiger partial charge on any atom is 0.337 e. The number of unbranched alkanes of at least 4 members (excludes halogenated alkanes) is 14. The lowest BCUT2D eigenvalue weighted by Gasteiger charge is -2.09. The average molecular weight is 448 g/mol. The van der Waals surface area contributed by atoms with Gasteiger partial charge >= 0.3 is 11.9 Å². The van der Waals surface area contributed by atoms with Crippen molar-refractivity contribution in [2.45, 2.75) is 110 Å². The molecule has 1 aromatic rings. The predicted molar refractivity (Wildman–Crippen MR) is 129 cm³/mol. The molecule has 1 amide bonds. The first-order valence-corrected chi connectivity index (χ1v) is 12.4. The van der Waals surface area contributed by atoms with Gasteiger partial charge in [0.15, 0.2) is 0 Å². The molecule has 0 fully saturated rings. The van der Waals surface area contributed by atoms with Crippen LogP contribution >= 0.6 is 0 Å². The molecule has 6 nitrogen and oxygen atoms in total. The number of aromatic carboxylic acids is 2. The summed E-state index contributed by atoms with van der Waals surface area (Å²) in [5.41, 5.74) is -0.138. The van der Waals surface area contributed by atoms with Crippen LogP contribution in [0.4, 0.5) is 5.69 Å². The number of carboxylic acid groups (broad SMARTS) is 2. The minimum atomic E-state index is -1.20. The molecule has 1 rings (SSSR count). The summed E-state index contributed by atoms with van der Waals surface area (Å²) in [6.45, 7) is 2.25. The molecule has 0 aliphatic rings. The summed E-state index contributed by atoms with van der Waals surface area (Å²) in [6, 6.07) is 3.61. The van der Waals surface area contributed by atoms with Crippen molar-refractivity contribution in [3.63, 3.8) is 0 Å². The highest BCUT2D eigenvalue weighted by Crippen LogP contribution is 2.19. The Morgan fingerprint density at radius 3 is 1.59 bits per heavy atom. The Labute approximate surface area is 192 Å². The van der Waals surface area contributed by atoms with Crippen LogP contribution in [0, 0.1) is 0 Å². The van der Waals surface area contributed by atoms with Crippen LogP contribution in [0.1, 0.15) is 130 Å². The van der Waals surface area contributed by atoms with Crippen LogP contribution in [0.15, 0.2) is 18.2 Å². The fourth-order valence-corrected chi connectivity index (χ4v) is 3.84. The van der Waals surface area contributed by atoms with Gasteiger partial charge in [0.25, 0.3) is 0 Å². The van der Waals surface area contributed by atoms with Crippen LogP contribution in [0.3, 0.4) is 0 Å². The minimum absolute atomic E-state index is 0.0309. The minimum Gasteiger partial charge on any atom is -0.478 e. The number of carboxylic acids is 2. The third-order valence-corrected chi connectivity index (χ3v) is 5.78. The van der Waals surface area contributed by atoms with E-state index in [0.717, 1.165) is 19.3 Å². The van der Waals surface area contributed by atoms with E-state index in [-0.39, 0.29) is 22.7 Å². The number of carbonyl (C=O) groups excluding carboxylic acids is 1. The topological polar surface area (TPSA) is 104 Å². The van der Waals surface area contributed by atoms with Gasteiger partial charge in [0, 0.05) is 6.42 Å². The number of nitrogens with one attached hydrogen (secondary N) is 1. The van der Waals surface area contributed by atoms with Crippen molar-refractivity contribution < 1.29 is 24.6 Å². The Balaban J connectivity index is 2.08. The van der Waals surface area contributed by atoms with Crippen molar-refractivity contribution in [1.29, 1.82) is 0 Å². The van der Waals surface area contributed by atoms with Crippen LogP contribution in [0.5, 0.6) is 0 Å². The zero-order valence-electron chi connectivity index (χ0n) is 19.7. The van der Waals surface area contributed by atoms with E-state index in [4.69, 9.17) is 5.11 Å². The van der Waals surface area contributed by atoms with Crippen LogP contribution in [0.25, 0.3) is 0 Å². The molecule has 0 atom stereocenters. The summed E-state index contributed by atoms with van der Waals surface area (Å²) < 4.78 is 0. The number of anilines is 1. The molecule has 0 aliphatic heterocycles. The lowest BCUT2D eigenvalue weighted by atomic mass is 10.0. The lowest BCUT2D eigenvalue weighted by Crippen LogP contribution is -2.15. The van der Waals surface area contributed by atoms with Gasteiger partial charge in [0.2, 0.25) is 5.91 Å². The molecule has 1 aromatic carbocycles. The first-order chi connectivity index (χ1) is 15.5. The SMILES string of the molecule is CCCCCCCCCCCCCCCCCC(=O)Nc1cc(C(=O)O)ccc1C(=O)O. The number of amides is 1. The number of carbonyl (C=O) groups is 3. The molecule has 0 aromatic heterocycles. The average Bonchev–Trinajstić information content (AvgIpc) is 2.76. The maximum atomic E-state index is 12.2. The zero-order valence-corrected chi connectivity index (χ0v) is 19.7. The molecule has 0 saturated carbocycles. The Morgan fingerprint density at radius 1 is 0.688 bits per heavy atom. The normalized spacial score (nSPS) is 10.8. The standard InChI is InChI=1S/C26H41NO5/c1-2-3-4-5-6-7-8-9-10-11-12-13-14-15-16-17-24(28)27-23-20-21(25(29)30)18-19-22(23)26(31)32/h18-20H,2-17H2,1H3,(H,27,28)(H,29,30)(H,31,32). The van der Waals surface area contributed by atoms with E-state index in [1.54, 1.807) is 0 Å². The Hall–Kier alpha value is -2.37. The Bertz CT molecular complexity index is 701.